The fraction of sp³-hybridized carbons (Fsp3) is 0.100. The highest BCUT2D eigenvalue weighted by molar-refractivity contribution is 7.85. The van der Waals surface area contributed by atoms with Gasteiger partial charge in [0.25, 0.3) is 10.1 Å². The van der Waals surface area contributed by atoms with E-state index in [2.05, 4.69) is 10.1 Å². The van der Waals surface area contributed by atoms with E-state index in [1.54, 1.807) is 0 Å². The first kappa shape index (κ1) is 16.2. The smallest absolute Gasteiger partial charge is 0.282 e. The largest absolute Gasteiger partial charge is 0.436 e. The fourth-order valence-corrected chi connectivity index (χ4v) is 2.18. The van der Waals surface area contributed by atoms with Crippen LogP contribution in [0.25, 0.3) is 5.82 Å². The van der Waals surface area contributed by atoms with E-state index in [-0.39, 0.29) is 5.82 Å². The van der Waals surface area contributed by atoms with E-state index in [1.807, 2.05) is 0 Å². The van der Waals surface area contributed by atoms with Crippen LogP contribution in [-0.4, -0.2) is 27.7 Å². The van der Waals surface area contributed by atoms with Gasteiger partial charge in [0.2, 0.25) is 0 Å². The quantitative estimate of drug-likeness (QED) is 0.828. The van der Waals surface area contributed by atoms with Gasteiger partial charge in [-0.2, -0.15) is 31.9 Å². The van der Waals surface area contributed by atoms with Gasteiger partial charge in [0.1, 0.15) is 16.5 Å². The summed E-state index contributed by atoms with van der Waals surface area (Å²) in [5.74, 6) is -0.260. The number of aromatic nitrogens is 3. The standard InChI is InChI=1S/C10H4ClF3N4O3S/c11-9-6(3-15)8(10(12,13)14)17-18(9)7-2-1-5(4-16-7)22(19,20)21/h1-2,4H,(H,19,20,21). The summed E-state index contributed by atoms with van der Waals surface area (Å²) in [4.78, 5) is 2.99. The Balaban J connectivity index is 2.60. The van der Waals surface area contributed by atoms with Crippen molar-refractivity contribution in [3.63, 3.8) is 0 Å². The molecule has 7 nitrogen and oxygen atoms in total. The molecule has 0 aromatic carbocycles. The number of hydrogen-bond acceptors (Lipinski definition) is 5. The average molecular weight is 353 g/mol. The summed E-state index contributed by atoms with van der Waals surface area (Å²) in [5, 5.41) is 11.3. The summed E-state index contributed by atoms with van der Waals surface area (Å²) in [6, 6.07) is 3.17. The summed E-state index contributed by atoms with van der Waals surface area (Å²) in [6.45, 7) is 0. The molecule has 0 spiro atoms. The maximum Gasteiger partial charge on any atom is 0.436 e. The highest BCUT2D eigenvalue weighted by Crippen LogP contribution is 2.34. The lowest BCUT2D eigenvalue weighted by Crippen LogP contribution is -2.09. The molecule has 2 aromatic rings. The predicted molar refractivity (Wildman–Crippen MR) is 65.9 cm³/mol. The molecule has 2 aromatic heterocycles. The van der Waals surface area contributed by atoms with Crippen molar-refractivity contribution in [1.29, 1.82) is 5.26 Å². The number of rotatable bonds is 2. The third kappa shape index (κ3) is 2.89. The zero-order valence-corrected chi connectivity index (χ0v) is 11.8. The zero-order valence-electron chi connectivity index (χ0n) is 10.2. The minimum Gasteiger partial charge on any atom is -0.282 e. The van der Waals surface area contributed by atoms with Gasteiger partial charge in [0.05, 0.1) is 6.20 Å². The monoisotopic (exact) mass is 352 g/mol. The van der Waals surface area contributed by atoms with Gasteiger partial charge in [-0.1, -0.05) is 11.6 Å². The molecule has 0 amide bonds. The lowest BCUT2D eigenvalue weighted by molar-refractivity contribution is -0.141. The van der Waals surface area contributed by atoms with Crippen molar-refractivity contribution in [1.82, 2.24) is 14.8 Å². The molecule has 0 radical (unpaired) electrons. The lowest BCUT2D eigenvalue weighted by Gasteiger charge is -2.03. The Kier molecular flexibility index (Phi) is 3.86. The number of halogens is 4. The van der Waals surface area contributed by atoms with Gasteiger partial charge in [-0.25, -0.2) is 9.67 Å². The number of nitrogens with zero attached hydrogens (tertiary/aromatic N) is 4. The first-order chi connectivity index (χ1) is 10.1. The summed E-state index contributed by atoms with van der Waals surface area (Å²) in [5.41, 5.74) is -2.37. The molecular weight excluding hydrogens is 349 g/mol. The fourth-order valence-electron chi connectivity index (χ4n) is 1.50. The molecule has 1 N–H and O–H groups in total. The average Bonchev–Trinajstić information content (AvgIpc) is 2.74. The van der Waals surface area contributed by atoms with Crippen molar-refractivity contribution in [2.45, 2.75) is 11.1 Å². The molecule has 0 saturated heterocycles. The van der Waals surface area contributed by atoms with E-state index in [1.165, 1.54) is 6.07 Å². The van der Waals surface area contributed by atoms with Gasteiger partial charge in [0, 0.05) is 0 Å². The highest BCUT2D eigenvalue weighted by atomic mass is 35.5. The van der Waals surface area contributed by atoms with Crippen LogP contribution in [0.1, 0.15) is 11.3 Å². The van der Waals surface area contributed by atoms with Crippen molar-refractivity contribution >= 4 is 21.7 Å². The minimum atomic E-state index is -4.89. The molecule has 0 unspecified atom stereocenters. The molecule has 22 heavy (non-hydrogen) atoms. The van der Waals surface area contributed by atoms with E-state index in [4.69, 9.17) is 21.4 Å². The van der Waals surface area contributed by atoms with Crippen molar-refractivity contribution in [2.75, 3.05) is 0 Å². The summed E-state index contributed by atoms with van der Waals surface area (Å²) >= 11 is 5.67. The third-order valence-electron chi connectivity index (χ3n) is 2.44. The molecular formula is C10H4ClF3N4O3S. The summed E-state index contributed by atoms with van der Waals surface area (Å²) in [7, 11) is -4.50. The number of hydrogen-bond donors (Lipinski definition) is 1. The van der Waals surface area contributed by atoms with Gasteiger partial charge < -0.3 is 0 Å². The molecule has 0 aliphatic rings. The van der Waals surface area contributed by atoms with E-state index in [0.717, 1.165) is 12.1 Å². The van der Waals surface area contributed by atoms with E-state index in [9.17, 15) is 21.6 Å². The van der Waals surface area contributed by atoms with Gasteiger partial charge in [0.15, 0.2) is 16.7 Å². The van der Waals surface area contributed by atoms with Crippen molar-refractivity contribution in [3.05, 3.63) is 34.7 Å². The molecule has 2 heterocycles. The van der Waals surface area contributed by atoms with Gasteiger partial charge in [-0.15, -0.1) is 0 Å². The Morgan fingerprint density at radius 3 is 2.36 bits per heavy atom. The van der Waals surface area contributed by atoms with Crippen LogP contribution in [0, 0.1) is 11.3 Å². The Bertz CT molecular complexity index is 869. The van der Waals surface area contributed by atoms with Crippen LogP contribution in [0.2, 0.25) is 5.15 Å². The topological polar surface area (TPSA) is 109 Å². The van der Waals surface area contributed by atoms with Crippen molar-refractivity contribution in [3.8, 4) is 11.9 Å². The van der Waals surface area contributed by atoms with Crippen LogP contribution in [0.15, 0.2) is 23.2 Å². The van der Waals surface area contributed by atoms with Gasteiger partial charge >= 0.3 is 6.18 Å². The molecule has 0 aliphatic carbocycles. The van der Waals surface area contributed by atoms with Gasteiger partial charge in [-0.05, 0) is 12.1 Å². The maximum atomic E-state index is 12.7. The van der Waals surface area contributed by atoms with Crippen LogP contribution in [-0.2, 0) is 16.3 Å². The molecule has 0 fully saturated rings. The van der Waals surface area contributed by atoms with Crippen LogP contribution in [0.4, 0.5) is 13.2 Å². The van der Waals surface area contributed by atoms with Crippen LogP contribution >= 0.6 is 11.6 Å². The first-order valence-electron chi connectivity index (χ1n) is 5.25. The minimum absolute atomic E-state index is 0.260. The van der Waals surface area contributed by atoms with E-state index < -0.39 is 37.6 Å². The normalized spacial score (nSPS) is 12.2. The second-order valence-corrected chi connectivity index (χ2v) is 5.64. The van der Waals surface area contributed by atoms with Crippen LogP contribution in [0.3, 0.4) is 0 Å². The second kappa shape index (κ2) is 5.24. The Hall–Kier alpha value is -2.16. The Morgan fingerprint density at radius 1 is 1.36 bits per heavy atom. The molecule has 116 valence electrons. The summed E-state index contributed by atoms with van der Waals surface area (Å²) in [6.07, 6.45) is -4.18. The van der Waals surface area contributed by atoms with Crippen LogP contribution in [0.5, 0.6) is 0 Å². The molecule has 2 rings (SSSR count). The molecule has 0 bridgehead atoms. The predicted octanol–water partition coefficient (Wildman–Crippen LogP) is 2.06. The first-order valence-corrected chi connectivity index (χ1v) is 7.07. The Morgan fingerprint density at radius 2 is 2.00 bits per heavy atom. The summed E-state index contributed by atoms with van der Waals surface area (Å²) < 4.78 is 69.3. The highest BCUT2D eigenvalue weighted by Gasteiger charge is 2.39. The van der Waals surface area contributed by atoms with Crippen molar-refractivity contribution < 1.29 is 26.1 Å². The SMILES string of the molecule is N#Cc1c(C(F)(F)F)nn(-c2ccc(S(=O)(=O)O)cn2)c1Cl. The lowest BCUT2D eigenvalue weighted by atomic mass is 10.2. The van der Waals surface area contributed by atoms with E-state index >= 15 is 0 Å². The number of nitriles is 1. The van der Waals surface area contributed by atoms with E-state index in [0.29, 0.717) is 10.9 Å². The zero-order chi connectivity index (χ0) is 16.7. The maximum absolute atomic E-state index is 12.7. The number of alkyl halides is 3. The third-order valence-corrected chi connectivity index (χ3v) is 3.63. The van der Waals surface area contributed by atoms with Crippen molar-refractivity contribution in [2.24, 2.45) is 0 Å². The number of pyridine rings is 1. The van der Waals surface area contributed by atoms with Crippen LogP contribution < -0.4 is 0 Å². The molecule has 0 aliphatic heterocycles. The second-order valence-electron chi connectivity index (χ2n) is 3.86. The molecule has 12 heteroatoms. The van der Waals surface area contributed by atoms with Gasteiger partial charge in [-0.3, -0.25) is 4.55 Å². The molecule has 0 saturated carbocycles. The Labute approximate surface area is 126 Å². The molecule has 0 atom stereocenters.